The topological polar surface area (TPSA) is 34.9 Å². The van der Waals surface area contributed by atoms with Crippen LogP contribution >= 0.6 is 0 Å². The molecule has 6 rings (SSSR count). The number of hydrogen-bond donors (Lipinski definition) is 0. The smallest absolute Gasteiger partial charge is 0.266 e. The first-order valence-corrected chi connectivity index (χ1v) is 12.5. The highest BCUT2D eigenvalue weighted by atomic mass is 16.1. The van der Waals surface area contributed by atoms with E-state index in [1.807, 2.05) is 104 Å². The fourth-order valence-corrected chi connectivity index (χ4v) is 4.63. The Morgan fingerprint density at radius 3 is 2.26 bits per heavy atom. The minimum absolute atomic E-state index is 0.0972. The van der Waals surface area contributed by atoms with Crippen molar-refractivity contribution in [3.8, 4) is 17.5 Å². The lowest BCUT2D eigenvalue weighted by Crippen LogP contribution is -2.23. The third kappa shape index (κ3) is 4.64. The molecule has 0 aliphatic heterocycles. The van der Waals surface area contributed by atoms with Gasteiger partial charge in [-0.05, 0) is 83.4 Å². The van der Waals surface area contributed by atoms with Crippen molar-refractivity contribution in [2.45, 2.75) is 6.92 Å². The second-order valence-electron chi connectivity index (χ2n) is 9.18. The number of aryl methyl sites for hydroxylation is 1. The minimum atomic E-state index is -0.0972. The van der Waals surface area contributed by atoms with Crippen molar-refractivity contribution >= 4 is 33.8 Å². The van der Waals surface area contributed by atoms with Gasteiger partial charge in [-0.25, -0.2) is 4.98 Å². The first kappa shape index (κ1) is 23.2. The first-order valence-electron chi connectivity index (χ1n) is 12.5. The van der Waals surface area contributed by atoms with Gasteiger partial charge in [0.2, 0.25) is 0 Å². The Hall–Kier alpha value is -5.20. The molecule has 0 aliphatic rings. The predicted molar refractivity (Wildman–Crippen MR) is 157 cm³/mol. The fraction of sp³-hybridized carbons (Fsp3) is 0.0286. The zero-order chi connectivity index (χ0) is 25.9. The van der Waals surface area contributed by atoms with Crippen LogP contribution in [0.4, 0.5) is 0 Å². The van der Waals surface area contributed by atoms with Crippen LogP contribution in [0.2, 0.25) is 0 Å². The van der Waals surface area contributed by atoms with Gasteiger partial charge in [0.25, 0.3) is 5.56 Å². The van der Waals surface area contributed by atoms with Crippen LogP contribution in [-0.2, 0) is 0 Å². The van der Waals surface area contributed by atoms with Crippen LogP contribution in [0, 0.1) is 18.8 Å². The van der Waals surface area contributed by atoms with E-state index in [1.165, 1.54) is 10.8 Å². The molecule has 3 nitrogen and oxygen atoms in total. The summed E-state index contributed by atoms with van der Waals surface area (Å²) in [5, 5.41) is 2.95. The van der Waals surface area contributed by atoms with Crippen LogP contribution in [0.5, 0.6) is 0 Å². The van der Waals surface area contributed by atoms with Crippen LogP contribution in [0.3, 0.4) is 0 Å². The van der Waals surface area contributed by atoms with Crippen molar-refractivity contribution in [1.82, 2.24) is 9.55 Å². The zero-order valence-corrected chi connectivity index (χ0v) is 20.9. The van der Waals surface area contributed by atoms with E-state index < -0.39 is 0 Å². The summed E-state index contributed by atoms with van der Waals surface area (Å²) in [6, 6.07) is 37.9. The quantitative estimate of drug-likeness (QED) is 0.243. The summed E-state index contributed by atoms with van der Waals surface area (Å²) in [5.74, 6) is 7.01. The average Bonchev–Trinajstić information content (AvgIpc) is 2.96. The molecule has 0 atom stereocenters. The van der Waals surface area contributed by atoms with Gasteiger partial charge in [0.05, 0.1) is 16.6 Å². The van der Waals surface area contributed by atoms with Gasteiger partial charge in [-0.3, -0.25) is 9.36 Å². The van der Waals surface area contributed by atoms with Crippen LogP contribution in [0.15, 0.2) is 120 Å². The Kier molecular flexibility index (Phi) is 6.14. The number of benzene rings is 5. The minimum Gasteiger partial charge on any atom is -0.268 e. The molecular formula is C35H24N2O. The summed E-state index contributed by atoms with van der Waals surface area (Å²) in [4.78, 5) is 18.6. The Morgan fingerprint density at radius 2 is 1.42 bits per heavy atom. The van der Waals surface area contributed by atoms with Gasteiger partial charge in [0.1, 0.15) is 5.82 Å². The van der Waals surface area contributed by atoms with E-state index in [4.69, 9.17) is 4.98 Å². The molecular weight excluding hydrogens is 464 g/mol. The molecule has 0 saturated heterocycles. The lowest BCUT2D eigenvalue weighted by atomic mass is 10.1. The number of nitrogens with zero attached hydrogens (tertiary/aromatic N) is 2. The van der Waals surface area contributed by atoms with Crippen LogP contribution in [0.25, 0.3) is 39.5 Å². The Bertz CT molecular complexity index is 1950. The van der Waals surface area contributed by atoms with Crippen LogP contribution < -0.4 is 5.56 Å². The molecule has 180 valence electrons. The SMILES string of the molecule is Cc1cc(C#Cc2ccccc2)ccc1-n1c(C=Cc2ccc3ccccc3c2)nc2ccccc2c1=O. The summed E-state index contributed by atoms with van der Waals surface area (Å²) >= 11 is 0. The molecule has 0 radical (unpaired) electrons. The lowest BCUT2D eigenvalue weighted by molar-refractivity contribution is 0.934. The molecule has 3 heteroatoms. The molecule has 0 bridgehead atoms. The molecule has 0 N–H and O–H groups in total. The zero-order valence-electron chi connectivity index (χ0n) is 20.9. The average molecular weight is 489 g/mol. The number of hydrogen-bond acceptors (Lipinski definition) is 2. The summed E-state index contributed by atoms with van der Waals surface area (Å²) in [6.45, 7) is 2.00. The normalized spacial score (nSPS) is 11.1. The maximum Gasteiger partial charge on any atom is 0.266 e. The van der Waals surface area contributed by atoms with Gasteiger partial charge in [-0.1, -0.05) is 84.6 Å². The van der Waals surface area contributed by atoms with Gasteiger partial charge in [0, 0.05) is 11.1 Å². The third-order valence-electron chi connectivity index (χ3n) is 6.56. The second kappa shape index (κ2) is 10.0. The van der Waals surface area contributed by atoms with Gasteiger partial charge < -0.3 is 0 Å². The third-order valence-corrected chi connectivity index (χ3v) is 6.56. The van der Waals surface area contributed by atoms with Crippen LogP contribution in [0.1, 0.15) is 28.1 Å². The van der Waals surface area contributed by atoms with E-state index >= 15 is 0 Å². The van der Waals surface area contributed by atoms with Crippen molar-refractivity contribution < 1.29 is 0 Å². The molecule has 5 aromatic carbocycles. The maximum absolute atomic E-state index is 13.7. The van der Waals surface area contributed by atoms with Gasteiger partial charge in [0.15, 0.2) is 0 Å². The molecule has 0 unspecified atom stereocenters. The van der Waals surface area contributed by atoms with Gasteiger partial charge in [-0.15, -0.1) is 0 Å². The van der Waals surface area contributed by atoms with Crippen molar-refractivity contribution in [3.05, 3.63) is 154 Å². The Balaban J connectivity index is 1.45. The standard InChI is InChI=1S/C35H24N2O/c1-25-23-27(16-15-26-9-3-2-4-10-26)18-21-33(25)37-34(36-32-14-8-7-13-31(32)35(37)38)22-19-28-17-20-29-11-5-6-12-30(29)24-28/h2-14,17-24H,1H3. The Labute approximate surface area is 221 Å². The van der Waals surface area contributed by atoms with Crippen molar-refractivity contribution in [3.63, 3.8) is 0 Å². The molecule has 0 spiro atoms. The molecule has 6 aromatic rings. The van der Waals surface area contributed by atoms with E-state index in [1.54, 1.807) is 4.57 Å². The van der Waals surface area contributed by atoms with Gasteiger partial charge >= 0.3 is 0 Å². The highest BCUT2D eigenvalue weighted by molar-refractivity contribution is 5.86. The van der Waals surface area contributed by atoms with E-state index in [0.717, 1.165) is 27.9 Å². The molecule has 0 saturated carbocycles. The molecule has 0 aliphatic carbocycles. The van der Waals surface area contributed by atoms with E-state index in [-0.39, 0.29) is 5.56 Å². The van der Waals surface area contributed by atoms with E-state index in [2.05, 4.69) is 42.2 Å². The summed E-state index contributed by atoms with van der Waals surface area (Å²) in [5.41, 5.74) is 5.22. The first-order chi connectivity index (χ1) is 18.7. The molecule has 1 heterocycles. The monoisotopic (exact) mass is 488 g/mol. The summed E-state index contributed by atoms with van der Waals surface area (Å²) in [7, 11) is 0. The van der Waals surface area contributed by atoms with E-state index in [9.17, 15) is 4.79 Å². The second-order valence-corrected chi connectivity index (χ2v) is 9.18. The highest BCUT2D eigenvalue weighted by Gasteiger charge is 2.13. The maximum atomic E-state index is 13.7. The summed E-state index contributed by atoms with van der Waals surface area (Å²) < 4.78 is 1.70. The molecule has 0 amide bonds. The summed E-state index contributed by atoms with van der Waals surface area (Å²) in [6.07, 6.45) is 3.93. The van der Waals surface area contributed by atoms with Crippen molar-refractivity contribution in [2.24, 2.45) is 0 Å². The Morgan fingerprint density at radius 1 is 0.684 bits per heavy atom. The lowest BCUT2D eigenvalue weighted by Gasteiger charge is -2.14. The number of para-hydroxylation sites is 1. The number of fused-ring (bicyclic) bond motifs is 2. The predicted octanol–water partition coefficient (Wildman–Crippen LogP) is 7.42. The number of rotatable bonds is 3. The van der Waals surface area contributed by atoms with Crippen molar-refractivity contribution in [1.29, 1.82) is 0 Å². The van der Waals surface area contributed by atoms with Crippen molar-refractivity contribution in [2.75, 3.05) is 0 Å². The van der Waals surface area contributed by atoms with Crippen LogP contribution in [-0.4, -0.2) is 9.55 Å². The highest BCUT2D eigenvalue weighted by Crippen LogP contribution is 2.21. The molecule has 1 aromatic heterocycles. The number of aromatic nitrogens is 2. The molecule has 0 fully saturated rings. The largest absolute Gasteiger partial charge is 0.268 e. The van der Waals surface area contributed by atoms with E-state index in [0.29, 0.717) is 16.7 Å². The van der Waals surface area contributed by atoms with Gasteiger partial charge in [-0.2, -0.15) is 0 Å². The molecule has 38 heavy (non-hydrogen) atoms. The fourth-order valence-electron chi connectivity index (χ4n) is 4.63.